The fourth-order valence-corrected chi connectivity index (χ4v) is 3.92. The van der Waals surface area contributed by atoms with Crippen LogP contribution in [0.1, 0.15) is 12.2 Å². The summed E-state index contributed by atoms with van der Waals surface area (Å²) in [6, 6.07) is 15.0. The van der Waals surface area contributed by atoms with Gasteiger partial charge in [0.15, 0.2) is 5.96 Å². The standard InChI is InChI=1S/C22H26F2N6O/c1-25-22(26-13-20-28-16-7-3-4-8-17(16)29(20)2)27-15-11-12-30(14-15)18-9-5-6-10-19(18)31-21(23)24/h3-10,15,21H,11-14H2,1-2H3,(H2,25,26,27). The van der Waals surface area contributed by atoms with Crippen molar-refractivity contribution in [2.24, 2.45) is 12.0 Å². The number of nitrogens with zero attached hydrogens (tertiary/aromatic N) is 4. The monoisotopic (exact) mass is 428 g/mol. The third-order valence-electron chi connectivity index (χ3n) is 5.47. The van der Waals surface area contributed by atoms with Crippen molar-refractivity contribution in [3.63, 3.8) is 0 Å². The van der Waals surface area contributed by atoms with E-state index in [4.69, 9.17) is 0 Å². The van der Waals surface area contributed by atoms with Crippen molar-refractivity contribution >= 4 is 22.7 Å². The van der Waals surface area contributed by atoms with Gasteiger partial charge in [-0.15, -0.1) is 0 Å². The molecule has 1 fully saturated rings. The largest absolute Gasteiger partial charge is 0.433 e. The Morgan fingerprint density at radius 3 is 2.77 bits per heavy atom. The van der Waals surface area contributed by atoms with Crippen molar-refractivity contribution in [2.45, 2.75) is 25.6 Å². The summed E-state index contributed by atoms with van der Waals surface area (Å²) in [6.07, 6.45) is 0.857. The molecule has 0 saturated carbocycles. The van der Waals surface area contributed by atoms with Crippen LogP contribution in [0.4, 0.5) is 14.5 Å². The molecule has 2 heterocycles. The van der Waals surface area contributed by atoms with Crippen LogP contribution in [0.25, 0.3) is 11.0 Å². The quantitative estimate of drug-likeness (QED) is 0.467. The molecule has 31 heavy (non-hydrogen) atoms. The van der Waals surface area contributed by atoms with Crippen LogP contribution >= 0.6 is 0 Å². The van der Waals surface area contributed by atoms with E-state index in [1.165, 1.54) is 0 Å². The second kappa shape index (κ2) is 9.20. The van der Waals surface area contributed by atoms with Gasteiger partial charge in [-0.1, -0.05) is 24.3 Å². The molecule has 0 aliphatic carbocycles. The first-order valence-electron chi connectivity index (χ1n) is 10.2. The number of para-hydroxylation sites is 4. The molecule has 1 unspecified atom stereocenters. The van der Waals surface area contributed by atoms with Crippen LogP contribution in [0.3, 0.4) is 0 Å². The molecule has 4 rings (SSSR count). The summed E-state index contributed by atoms with van der Waals surface area (Å²) in [4.78, 5) is 11.0. The molecule has 0 amide bonds. The molecule has 2 aromatic carbocycles. The molecule has 1 aliphatic rings. The van der Waals surface area contributed by atoms with Crippen molar-refractivity contribution < 1.29 is 13.5 Å². The lowest BCUT2D eigenvalue weighted by Gasteiger charge is -2.22. The van der Waals surface area contributed by atoms with Gasteiger partial charge >= 0.3 is 6.61 Å². The van der Waals surface area contributed by atoms with Crippen LogP contribution in [-0.4, -0.2) is 48.3 Å². The first-order valence-corrected chi connectivity index (χ1v) is 10.2. The molecule has 2 N–H and O–H groups in total. The predicted octanol–water partition coefficient (Wildman–Crippen LogP) is 3.12. The van der Waals surface area contributed by atoms with Gasteiger partial charge in [-0.2, -0.15) is 8.78 Å². The Morgan fingerprint density at radius 1 is 1.23 bits per heavy atom. The molecule has 0 spiro atoms. The molecular formula is C22H26F2N6O. The second-order valence-electron chi connectivity index (χ2n) is 7.42. The van der Waals surface area contributed by atoms with Crippen molar-refractivity contribution in [3.05, 3.63) is 54.4 Å². The van der Waals surface area contributed by atoms with Gasteiger partial charge in [0.1, 0.15) is 11.6 Å². The minimum atomic E-state index is -2.84. The Balaban J connectivity index is 1.36. The molecular weight excluding hydrogens is 402 g/mol. The summed E-state index contributed by atoms with van der Waals surface area (Å²) >= 11 is 0. The Labute approximate surface area is 179 Å². The fourth-order valence-electron chi connectivity index (χ4n) is 3.92. The average molecular weight is 428 g/mol. The van der Waals surface area contributed by atoms with Crippen molar-refractivity contribution in [3.8, 4) is 5.75 Å². The van der Waals surface area contributed by atoms with Crippen molar-refractivity contribution in [1.82, 2.24) is 20.2 Å². The van der Waals surface area contributed by atoms with Gasteiger partial charge < -0.3 is 24.8 Å². The number of aryl methyl sites for hydroxylation is 1. The number of anilines is 1. The van der Waals surface area contributed by atoms with Crippen LogP contribution < -0.4 is 20.3 Å². The van der Waals surface area contributed by atoms with Gasteiger partial charge in [0.2, 0.25) is 0 Å². The zero-order valence-electron chi connectivity index (χ0n) is 17.6. The van der Waals surface area contributed by atoms with Gasteiger partial charge in [-0.05, 0) is 30.7 Å². The Hall–Kier alpha value is -3.36. The number of aliphatic imine (C=N–C) groups is 1. The van der Waals surface area contributed by atoms with Crippen LogP contribution in [0.2, 0.25) is 0 Å². The topological polar surface area (TPSA) is 66.7 Å². The molecule has 1 aromatic heterocycles. The molecule has 0 bridgehead atoms. The summed E-state index contributed by atoms with van der Waals surface area (Å²) in [6.45, 7) is -0.908. The van der Waals surface area contributed by atoms with Crippen molar-refractivity contribution in [2.75, 3.05) is 25.0 Å². The molecule has 164 valence electrons. The van der Waals surface area contributed by atoms with E-state index in [9.17, 15) is 8.78 Å². The lowest BCUT2D eigenvalue weighted by molar-refractivity contribution is -0.0495. The molecule has 0 radical (unpaired) electrons. The van der Waals surface area contributed by atoms with Gasteiger partial charge in [-0.3, -0.25) is 4.99 Å². The average Bonchev–Trinajstić information content (AvgIpc) is 3.36. The number of guanidine groups is 1. The molecule has 9 heteroatoms. The summed E-state index contributed by atoms with van der Waals surface area (Å²) in [7, 11) is 3.72. The Kier molecular flexibility index (Phi) is 6.20. The normalized spacial score (nSPS) is 16.9. The number of alkyl halides is 2. The Bertz CT molecular complexity index is 1070. The predicted molar refractivity (Wildman–Crippen MR) is 118 cm³/mol. The summed E-state index contributed by atoms with van der Waals surface area (Å²) in [5, 5.41) is 6.74. The number of nitrogens with one attached hydrogen (secondary N) is 2. The minimum absolute atomic E-state index is 0.131. The summed E-state index contributed by atoms with van der Waals surface area (Å²) < 4.78 is 32.2. The second-order valence-corrected chi connectivity index (χ2v) is 7.42. The maximum atomic E-state index is 12.7. The van der Waals surface area contributed by atoms with Crippen LogP contribution in [-0.2, 0) is 13.6 Å². The minimum Gasteiger partial charge on any atom is -0.433 e. The number of rotatable bonds is 6. The first-order chi connectivity index (χ1) is 15.0. The maximum Gasteiger partial charge on any atom is 0.387 e. The number of ether oxygens (including phenoxy) is 1. The number of fused-ring (bicyclic) bond motifs is 1. The van der Waals surface area contributed by atoms with E-state index in [1.54, 1.807) is 25.2 Å². The van der Waals surface area contributed by atoms with E-state index in [0.717, 1.165) is 29.8 Å². The number of hydrogen-bond donors (Lipinski definition) is 2. The van der Waals surface area contributed by atoms with E-state index < -0.39 is 6.61 Å². The molecule has 1 atom stereocenters. The zero-order valence-corrected chi connectivity index (χ0v) is 17.6. The highest BCUT2D eigenvalue weighted by Gasteiger charge is 2.26. The van der Waals surface area contributed by atoms with Gasteiger partial charge in [0, 0.05) is 33.2 Å². The smallest absolute Gasteiger partial charge is 0.387 e. The maximum absolute atomic E-state index is 12.7. The van der Waals surface area contributed by atoms with E-state index in [2.05, 4.69) is 29.9 Å². The van der Waals surface area contributed by atoms with Crippen LogP contribution in [0, 0.1) is 0 Å². The first kappa shape index (κ1) is 20.9. The zero-order chi connectivity index (χ0) is 21.8. The SMILES string of the molecule is CN=C(NCc1nc2ccccc2n1C)NC1CCN(c2ccccc2OC(F)F)C1. The molecule has 3 aromatic rings. The van der Waals surface area contributed by atoms with Crippen LogP contribution in [0.15, 0.2) is 53.5 Å². The van der Waals surface area contributed by atoms with E-state index >= 15 is 0 Å². The molecule has 1 saturated heterocycles. The summed E-state index contributed by atoms with van der Waals surface area (Å²) in [5.41, 5.74) is 2.72. The highest BCUT2D eigenvalue weighted by molar-refractivity contribution is 5.80. The third kappa shape index (κ3) is 4.70. The van der Waals surface area contributed by atoms with Crippen molar-refractivity contribution in [1.29, 1.82) is 0 Å². The number of imidazole rings is 1. The number of benzene rings is 2. The molecule has 7 nitrogen and oxygen atoms in total. The number of hydrogen-bond acceptors (Lipinski definition) is 4. The van der Waals surface area contributed by atoms with E-state index in [1.807, 2.05) is 42.3 Å². The highest BCUT2D eigenvalue weighted by atomic mass is 19.3. The lowest BCUT2D eigenvalue weighted by Crippen LogP contribution is -2.44. The number of halogens is 2. The van der Waals surface area contributed by atoms with Gasteiger partial charge in [0.05, 0.1) is 23.3 Å². The summed E-state index contributed by atoms with van der Waals surface area (Å²) in [5.74, 6) is 1.79. The number of aromatic nitrogens is 2. The molecule has 1 aliphatic heterocycles. The van der Waals surface area contributed by atoms with Crippen LogP contribution in [0.5, 0.6) is 5.75 Å². The van der Waals surface area contributed by atoms with E-state index in [-0.39, 0.29) is 11.8 Å². The fraction of sp³-hybridized carbons (Fsp3) is 0.364. The van der Waals surface area contributed by atoms with Gasteiger partial charge in [0.25, 0.3) is 0 Å². The lowest BCUT2D eigenvalue weighted by atomic mass is 10.2. The van der Waals surface area contributed by atoms with Gasteiger partial charge in [-0.25, -0.2) is 4.98 Å². The van der Waals surface area contributed by atoms with E-state index in [0.29, 0.717) is 24.7 Å². The Morgan fingerprint density at radius 2 is 2.00 bits per heavy atom. The third-order valence-corrected chi connectivity index (χ3v) is 5.47. The highest BCUT2D eigenvalue weighted by Crippen LogP contribution is 2.31.